The zero-order chi connectivity index (χ0) is 21.3. The Labute approximate surface area is 179 Å². The molecule has 2 atom stereocenters. The maximum absolute atomic E-state index is 13.0. The van der Waals surface area contributed by atoms with Gasteiger partial charge in [0.1, 0.15) is 17.4 Å². The largest absolute Gasteiger partial charge is 0.368 e. The molecule has 3 heterocycles. The fraction of sp³-hybridized carbons (Fsp3) is 0.333. The van der Waals surface area contributed by atoms with Crippen LogP contribution < -0.4 is 0 Å². The molecule has 3 aromatic rings. The second kappa shape index (κ2) is 7.94. The van der Waals surface area contributed by atoms with E-state index in [0.29, 0.717) is 36.0 Å². The lowest BCUT2D eigenvalue weighted by Gasteiger charge is -2.30. The van der Waals surface area contributed by atoms with Crippen LogP contribution in [0.4, 0.5) is 0 Å². The Kier molecular flexibility index (Phi) is 5.33. The maximum atomic E-state index is 13.0. The standard InChI is InChI=1S/C21H21ClN6O2/c1-14(28(11-21(2)12-30-21)20(29)19-9-24-13-25-19)10-27-6-5-18(26-27)15-3-4-16(8-23)17(22)7-15/h3-7,9,13-14H,10-12H2,1-2H3,(H,24,25)/t14-,21-/m0/s1. The van der Waals surface area contributed by atoms with Gasteiger partial charge in [-0.3, -0.25) is 9.48 Å². The Hall–Kier alpha value is -3.15. The Bertz CT molecular complexity index is 1100. The van der Waals surface area contributed by atoms with Gasteiger partial charge in [0.2, 0.25) is 0 Å². The highest BCUT2D eigenvalue weighted by atomic mass is 35.5. The van der Waals surface area contributed by atoms with E-state index in [9.17, 15) is 4.79 Å². The van der Waals surface area contributed by atoms with Crippen molar-refractivity contribution in [3.63, 3.8) is 0 Å². The third kappa shape index (κ3) is 4.22. The summed E-state index contributed by atoms with van der Waals surface area (Å²) < 4.78 is 7.31. The molecule has 1 aromatic carbocycles. The van der Waals surface area contributed by atoms with E-state index in [1.807, 2.05) is 32.2 Å². The van der Waals surface area contributed by atoms with Crippen LogP contribution in [0, 0.1) is 11.3 Å². The topological polar surface area (TPSA) is 103 Å². The summed E-state index contributed by atoms with van der Waals surface area (Å²) in [5.74, 6) is -0.122. The number of nitrogens with zero attached hydrogens (tertiary/aromatic N) is 5. The molecule has 1 fully saturated rings. The summed E-state index contributed by atoms with van der Waals surface area (Å²) in [4.78, 5) is 21.6. The molecule has 1 aliphatic rings. The first-order valence-electron chi connectivity index (χ1n) is 9.55. The molecule has 1 aliphatic heterocycles. The number of aromatic nitrogens is 4. The Morgan fingerprint density at radius 3 is 2.93 bits per heavy atom. The molecule has 0 saturated carbocycles. The van der Waals surface area contributed by atoms with E-state index in [1.165, 1.54) is 12.5 Å². The van der Waals surface area contributed by atoms with Crippen molar-refractivity contribution in [2.45, 2.75) is 32.0 Å². The van der Waals surface area contributed by atoms with Crippen molar-refractivity contribution in [3.05, 3.63) is 59.3 Å². The predicted molar refractivity (Wildman–Crippen MR) is 111 cm³/mol. The first-order valence-corrected chi connectivity index (χ1v) is 9.93. The average molecular weight is 425 g/mol. The summed E-state index contributed by atoms with van der Waals surface area (Å²) >= 11 is 6.14. The van der Waals surface area contributed by atoms with Crippen LogP contribution in [0.2, 0.25) is 5.02 Å². The van der Waals surface area contributed by atoms with E-state index < -0.39 is 0 Å². The third-order valence-corrected chi connectivity index (χ3v) is 5.45. The van der Waals surface area contributed by atoms with Gasteiger partial charge in [-0.05, 0) is 32.0 Å². The van der Waals surface area contributed by atoms with Gasteiger partial charge in [-0.25, -0.2) is 4.98 Å². The molecule has 4 rings (SSSR count). The van der Waals surface area contributed by atoms with Gasteiger partial charge in [-0.1, -0.05) is 17.7 Å². The van der Waals surface area contributed by atoms with Gasteiger partial charge in [0.15, 0.2) is 0 Å². The van der Waals surface area contributed by atoms with E-state index in [4.69, 9.17) is 21.6 Å². The highest BCUT2D eigenvalue weighted by Crippen LogP contribution is 2.29. The van der Waals surface area contributed by atoms with E-state index >= 15 is 0 Å². The SMILES string of the molecule is C[C@@H](Cn1ccc(-c2ccc(C#N)c(Cl)c2)n1)N(C[C@@]1(C)CO1)C(=O)c1cnc[nH]1. The zero-order valence-corrected chi connectivity index (χ0v) is 17.4. The van der Waals surface area contributed by atoms with Crippen molar-refractivity contribution in [1.82, 2.24) is 24.6 Å². The number of ether oxygens (including phenoxy) is 1. The van der Waals surface area contributed by atoms with Gasteiger partial charge in [0.05, 0.1) is 48.5 Å². The number of benzene rings is 1. The normalized spacial score (nSPS) is 18.6. The van der Waals surface area contributed by atoms with E-state index in [-0.39, 0.29) is 17.6 Å². The van der Waals surface area contributed by atoms with E-state index in [2.05, 4.69) is 21.1 Å². The fourth-order valence-corrected chi connectivity index (χ4v) is 3.50. The lowest BCUT2D eigenvalue weighted by molar-refractivity contribution is 0.0610. The van der Waals surface area contributed by atoms with Crippen molar-refractivity contribution < 1.29 is 9.53 Å². The highest BCUT2D eigenvalue weighted by molar-refractivity contribution is 6.32. The van der Waals surface area contributed by atoms with Crippen LogP contribution in [-0.4, -0.2) is 55.4 Å². The molecule has 9 heteroatoms. The van der Waals surface area contributed by atoms with Crippen LogP contribution in [0.3, 0.4) is 0 Å². The number of hydrogen-bond donors (Lipinski definition) is 1. The van der Waals surface area contributed by atoms with Crippen LogP contribution >= 0.6 is 11.6 Å². The number of H-pyrrole nitrogens is 1. The number of imidazole rings is 1. The third-order valence-electron chi connectivity index (χ3n) is 5.14. The minimum absolute atomic E-state index is 0.122. The predicted octanol–water partition coefficient (Wildman–Crippen LogP) is 3.12. The van der Waals surface area contributed by atoms with Crippen LogP contribution in [0.25, 0.3) is 11.3 Å². The number of nitriles is 1. The Morgan fingerprint density at radius 2 is 2.30 bits per heavy atom. The molecule has 0 bridgehead atoms. The van der Waals surface area contributed by atoms with E-state index in [1.54, 1.807) is 21.7 Å². The van der Waals surface area contributed by atoms with Gasteiger partial charge < -0.3 is 14.6 Å². The summed E-state index contributed by atoms with van der Waals surface area (Å²) in [5, 5.41) is 14.0. The smallest absolute Gasteiger partial charge is 0.272 e. The number of carbonyl (C=O) groups is 1. The van der Waals surface area contributed by atoms with Gasteiger partial charge in [-0.2, -0.15) is 10.4 Å². The average Bonchev–Trinajstić information content (AvgIpc) is 3.15. The fourth-order valence-electron chi connectivity index (χ4n) is 3.28. The molecule has 1 N–H and O–H groups in total. The summed E-state index contributed by atoms with van der Waals surface area (Å²) in [6.45, 7) is 5.62. The number of aromatic amines is 1. The minimum Gasteiger partial charge on any atom is -0.368 e. The molecule has 8 nitrogen and oxygen atoms in total. The van der Waals surface area contributed by atoms with Gasteiger partial charge >= 0.3 is 0 Å². The zero-order valence-electron chi connectivity index (χ0n) is 16.7. The van der Waals surface area contributed by atoms with Crippen LogP contribution in [0.1, 0.15) is 29.9 Å². The summed E-state index contributed by atoms with van der Waals surface area (Å²) in [6.07, 6.45) is 4.89. The number of amides is 1. The van der Waals surface area contributed by atoms with Crippen LogP contribution in [0.5, 0.6) is 0 Å². The van der Waals surface area contributed by atoms with Crippen molar-refractivity contribution in [3.8, 4) is 17.3 Å². The molecule has 0 unspecified atom stereocenters. The Balaban J connectivity index is 1.51. The molecule has 0 radical (unpaired) electrons. The minimum atomic E-state index is -0.307. The number of rotatable bonds is 7. The molecule has 0 aliphatic carbocycles. The Morgan fingerprint density at radius 1 is 1.50 bits per heavy atom. The van der Waals surface area contributed by atoms with Gasteiger partial charge in [0, 0.05) is 17.8 Å². The lowest BCUT2D eigenvalue weighted by atomic mass is 10.1. The summed E-state index contributed by atoms with van der Waals surface area (Å²) in [5.41, 5.74) is 2.14. The highest BCUT2D eigenvalue weighted by Gasteiger charge is 2.43. The molecular formula is C21H21ClN6O2. The second-order valence-corrected chi connectivity index (χ2v) is 8.12. The van der Waals surface area contributed by atoms with Crippen molar-refractivity contribution >= 4 is 17.5 Å². The molecule has 30 heavy (non-hydrogen) atoms. The lowest BCUT2D eigenvalue weighted by Crippen LogP contribution is -2.45. The maximum Gasteiger partial charge on any atom is 0.272 e. The number of halogens is 1. The monoisotopic (exact) mass is 424 g/mol. The van der Waals surface area contributed by atoms with E-state index in [0.717, 1.165) is 11.3 Å². The summed E-state index contributed by atoms with van der Waals surface area (Å²) in [6, 6.07) is 9.04. The number of hydrogen-bond acceptors (Lipinski definition) is 5. The first-order chi connectivity index (χ1) is 14.4. The van der Waals surface area contributed by atoms with Gasteiger partial charge in [-0.15, -0.1) is 0 Å². The molecule has 1 amide bonds. The second-order valence-electron chi connectivity index (χ2n) is 7.72. The van der Waals surface area contributed by atoms with Crippen molar-refractivity contribution in [2.75, 3.05) is 13.2 Å². The molecule has 2 aromatic heterocycles. The van der Waals surface area contributed by atoms with Gasteiger partial charge in [0.25, 0.3) is 5.91 Å². The molecule has 1 saturated heterocycles. The first kappa shape index (κ1) is 20.1. The van der Waals surface area contributed by atoms with Crippen molar-refractivity contribution in [1.29, 1.82) is 5.26 Å². The quantitative estimate of drug-likeness (QED) is 0.587. The number of nitrogens with one attached hydrogen (secondary N) is 1. The van der Waals surface area contributed by atoms with Crippen LogP contribution in [-0.2, 0) is 11.3 Å². The number of epoxide rings is 1. The molecule has 154 valence electrons. The number of carbonyl (C=O) groups excluding carboxylic acids is 1. The molecule has 0 spiro atoms. The molecular weight excluding hydrogens is 404 g/mol. The summed E-state index contributed by atoms with van der Waals surface area (Å²) in [7, 11) is 0. The van der Waals surface area contributed by atoms with Crippen molar-refractivity contribution in [2.24, 2.45) is 0 Å². The van der Waals surface area contributed by atoms with Crippen LogP contribution in [0.15, 0.2) is 43.0 Å².